The lowest BCUT2D eigenvalue weighted by Gasteiger charge is -2.16. The quantitative estimate of drug-likeness (QED) is 0.785. The summed E-state index contributed by atoms with van der Waals surface area (Å²) < 4.78 is 26.1. The van der Waals surface area contributed by atoms with E-state index in [9.17, 15) is 13.6 Å². The zero-order valence-electron chi connectivity index (χ0n) is 13.3. The van der Waals surface area contributed by atoms with Gasteiger partial charge in [-0.15, -0.1) is 0 Å². The van der Waals surface area contributed by atoms with Crippen molar-refractivity contribution in [2.75, 3.05) is 17.3 Å². The Bertz CT molecular complexity index is 885. The van der Waals surface area contributed by atoms with Crippen LogP contribution in [0.4, 0.5) is 26.1 Å². The van der Waals surface area contributed by atoms with E-state index < -0.39 is 17.5 Å². The summed E-state index contributed by atoms with van der Waals surface area (Å²) in [5.41, 5.74) is 1.26. The van der Waals surface area contributed by atoms with Gasteiger partial charge >= 0.3 is 0 Å². The fourth-order valence-electron chi connectivity index (χ4n) is 2.16. The van der Waals surface area contributed by atoms with Crippen molar-refractivity contribution < 1.29 is 13.6 Å². The number of halogens is 2. The minimum Gasteiger partial charge on any atom is -0.322 e. The summed E-state index contributed by atoms with van der Waals surface area (Å²) in [6.45, 7) is 0. The average Bonchev–Trinajstić information content (AvgIpc) is 2.65. The molecule has 126 valence electrons. The summed E-state index contributed by atoms with van der Waals surface area (Å²) in [7, 11) is 1.81. The third-order valence-electron chi connectivity index (χ3n) is 3.52. The van der Waals surface area contributed by atoms with Crippen molar-refractivity contribution in [1.82, 2.24) is 9.97 Å². The predicted octanol–water partition coefficient (Wildman–Crippen LogP) is 3.78. The molecule has 1 amide bonds. The van der Waals surface area contributed by atoms with Crippen molar-refractivity contribution in [3.63, 3.8) is 0 Å². The van der Waals surface area contributed by atoms with Crippen LogP contribution in [-0.4, -0.2) is 22.9 Å². The molecule has 5 nitrogen and oxygen atoms in total. The van der Waals surface area contributed by atoms with Crippen LogP contribution in [0.5, 0.6) is 0 Å². The topological polar surface area (TPSA) is 58.1 Å². The largest absolute Gasteiger partial charge is 0.322 e. The highest BCUT2D eigenvalue weighted by Gasteiger charge is 2.11. The number of nitrogens with one attached hydrogen (secondary N) is 1. The normalized spacial score (nSPS) is 10.4. The second-order valence-electron chi connectivity index (χ2n) is 5.25. The van der Waals surface area contributed by atoms with Crippen molar-refractivity contribution in [3.8, 4) is 0 Å². The SMILES string of the molecule is CN(c1ccccc1)c1ncc(C(=O)Nc2ccc(F)c(F)c2)cn1. The number of rotatable bonds is 4. The first kappa shape index (κ1) is 16.5. The van der Waals surface area contributed by atoms with E-state index in [4.69, 9.17) is 0 Å². The number of carbonyl (C=O) groups is 1. The van der Waals surface area contributed by atoms with Crippen LogP contribution >= 0.6 is 0 Å². The molecule has 0 aliphatic rings. The van der Waals surface area contributed by atoms with Crippen LogP contribution in [0, 0.1) is 11.6 Å². The fourth-order valence-corrected chi connectivity index (χ4v) is 2.16. The van der Waals surface area contributed by atoms with Crippen LogP contribution in [0.2, 0.25) is 0 Å². The smallest absolute Gasteiger partial charge is 0.258 e. The Morgan fingerprint density at radius 2 is 1.68 bits per heavy atom. The molecular formula is C18H14F2N4O. The number of para-hydroxylation sites is 1. The Balaban J connectivity index is 1.73. The molecule has 0 bridgehead atoms. The van der Waals surface area contributed by atoms with Crippen molar-refractivity contribution in [2.45, 2.75) is 0 Å². The second kappa shape index (κ2) is 7.04. The summed E-state index contributed by atoms with van der Waals surface area (Å²) in [5.74, 6) is -2.10. The Kier molecular flexibility index (Phi) is 4.65. The third kappa shape index (κ3) is 3.77. The Hall–Kier alpha value is -3.35. The molecule has 1 heterocycles. The Morgan fingerprint density at radius 3 is 2.32 bits per heavy atom. The summed E-state index contributed by atoms with van der Waals surface area (Å²) in [4.78, 5) is 22.3. The summed E-state index contributed by atoms with van der Waals surface area (Å²) >= 11 is 0. The second-order valence-corrected chi connectivity index (χ2v) is 5.25. The van der Waals surface area contributed by atoms with E-state index in [1.165, 1.54) is 18.5 Å². The molecule has 0 aliphatic heterocycles. The standard InChI is InChI=1S/C18H14F2N4O/c1-24(14-5-3-2-4-6-14)18-21-10-12(11-22-18)17(25)23-13-7-8-15(19)16(20)9-13/h2-11H,1H3,(H,23,25). The lowest BCUT2D eigenvalue weighted by molar-refractivity contribution is 0.102. The van der Waals surface area contributed by atoms with E-state index in [-0.39, 0.29) is 11.3 Å². The highest BCUT2D eigenvalue weighted by Crippen LogP contribution is 2.19. The molecule has 0 saturated carbocycles. The van der Waals surface area contributed by atoms with E-state index in [0.29, 0.717) is 5.95 Å². The molecule has 0 saturated heterocycles. The molecule has 2 aromatic carbocycles. The van der Waals surface area contributed by atoms with E-state index in [2.05, 4.69) is 15.3 Å². The molecule has 3 aromatic rings. The molecule has 0 unspecified atom stereocenters. The van der Waals surface area contributed by atoms with Gasteiger partial charge in [0.1, 0.15) is 0 Å². The molecule has 0 fully saturated rings. The summed E-state index contributed by atoms with van der Waals surface area (Å²) in [6, 6.07) is 12.6. The number of nitrogens with zero attached hydrogens (tertiary/aromatic N) is 3. The molecular weight excluding hydrogens is 326 g/mol. The predicted molar refractivity (Wildman–Crippen MR) is 90.8 cm³/mol. The van der Waals surface area contributed by atoms with Crippen LogP contribution in [-0.2, 0) is 0 Å². The van der Waals surface area contributed by atoms with E-state index in [1.54, 1.807) is 4.90 Å². The number of anilines is 3. The fraction of sp³-hybridized carbons (Fsp3) is 0.0556. The van der Waals surface area contributed by atoms with Gasteiger partial charge in [-0.2, -0.15) is 0 Å². The Morgan fingerprint density at radius 1 is 1.00 bits per heavy atom. The maximum Gasteiger partial charge on any atom is 0.258 e. The number of carbonyl (C=O) groups excluding carboxylic acids is 1. The first-order valence-electron chi connectivity index (χ1n) is 7.42. The summed E-state index contributed by atoms with van der Waals surface area (Å²) in [6.07, 6.45) is 2.74. The van der Waals surface area contributed by atoms with Gasteiger partial charge in [-0.25, -0.2) is 18.7 Å². The first-order chi connectivity index (χ1) is 12.0. The Labute approximate surface area is 143 Å². The maximum absolute atomic E-state index is 13.2. The molecule has 25 heavy (non-hydrogen) atoms. The average molecular weight is 340 g/mol. The van der Waals surface area contributed by atoms with Gasteiger partial charge in [0.05, 0.1) is 5.56 Å². The van der Waals surface area contributed by atoms with Gasteiger partial charge in [-0.3, -0.25) is 4.79 Å². The van der Waals surface area contributed by atoms with Gasteiger partial charge in [-0.1, -0.05) is 18.2 Å². The van der Waals surface area contributed by atoms with E-state index >= 15 is 0 Å². The monoisotopic (exact) mass is 340 g/mol. The molecule has 0 atom stereocenters. The van der Waals surface area contributed by atoms with Crippen LogP contribution in [0.1, 0.15) is 10.4 Å². The van der Waals surface area contributed by atoms with Crippen LogP contribution in [0.3, 0.4) is 0 Å². The highest BCUT2D eigenvalue weighted by molar-refractivity contribution is 6.03. The molecule has 1 aromatic heterocycles. The molecule has 0 radical (unpaired) electrons. The lowest BCUT2D eigenvalue weighted by atomic mass is 10.2. The van der Waals surface area contributed by atoms with Crippen molar-refractivity contribution in [1.29, 1.82) is 0 Å². The lowest BCUT2D eigenvalue weighted by Crippen LogP contribution is -2.16. The van der Waals surface area contributed by atoms with Gasteiger partial charge in [0.25, 0.3) is 5.91 Å². The van der Waals surface area contributed by atoms with Crippen LogP contribution < -0.4 is 10.2 Å². The van der Waals surface area contributed by atoms with Crippen molar-refractivity contribution in [3.05, 3.63) is 78.1 Å². The molecule has 0 spiro atoms. The minimum atomic E-state index is -1.03. The molecule has 7 heteroatoms. The molecule has 3 rings (SSSR count). The number of hydrogen-bond donors (Lipinski definition) is 1. The van der Waals surface area contributed by atoms with Crippen LogP contribution in [0.25, 0.3) is 0 Å². The van der Waals surface area contributed by atoms with Crippen molar-refractivity contribution >= 4 is 23.2 Å². The number of hydrogen-bond acceptors (Lipinski definition) is 4. The number of benzene rings is 2. The third-order valence-corrected chi connectivity index (χ3v) is 3.52. The van der Waals surface area contributed by atoms with Gasteiger partial charge < -0.3 is 10.2 Å². The zero-order valence-corrected chi connectivity index (χ0v) is 13.3. The highest BCUT2D eigenvalue weighted by atomic mass is 19.2. The van der Waals surface area contributed by atoms with Gasteiger partial charge in [0, 0.05) is 36.9 Å². The summed E-state index contributed by atoms with van der Waals surface area (Å²) in [5, 5.41) is 2.47. The van der Waals surface area contributed by atoms with Crippen LogP contribution in [0.15, 0.2) is 60.9 Å². The van der Waals surface area contributed by atoms with Crippen molar-refractivity contribution in [2.24, 2.45) is 0 Å². The number of aromatic nitrogens is 2. The molecule has 0 aliphatic carbocycles. The van der Waals surface area contributed by atoms with Gasteiger partial charge in [-0.05, 0) is 24.3 Å². The van der Waals surface area contributed by atoms with Gasteiger partial charge in [0.2, 0.25) is 5.95 Å². The minimum absolute atomic E-state index is 0.148. The van der Waals surface area contributed by atoms with Gasteiger partial charge in [0.15, 0.2) is 11.6 Å². The van der Waals surface area contributed by atoms with E-state index in [1.807, 2.05) is 37.4 Å². The first-order valence-corrected chi connectivity index (χ1v) is 7.42. The number of amides is 1. The molecule has 1 N–H and O–H groups in total. The maximum atomic E-state index is 13.2. The van der Waals surface area contributed by atoms with E-state index in [0.717, 1.165) is 17.8 Å². The zero-order chi connectivity index (χ0) is 17.8.